The molecule has 26 heavy (non-hydrogen) atoms. The number of nitrogens with zero attached hydrogens (tertiary/aromatic N) is 1. The first kappa shape index (κ1) is 18.0. The smallest absolute Gasteiger partial charge is 0.417 e. The van der Waals surface area contributed by atoms with E-state index in [1.54, 1.807) is 45.0 Å². The van der Waals surface area contributed by atoms with Gasteiger partial charge < -0.3 is 10.1 Å². The number of amides is 2. The number of carbonyl (C=O) groups excluding carboxylic acids is 2. The molecule has 1 unspecified atom stereocenters. The van der Waals surface area contributed by atoms with Crippen molar-refractivity contribution in [1.82, 2.24) is 4.90 Å². The molecule has 5 nitrogen and oxygen atoms in total. The van der Waals surface area contributed by atoms with Crippen molar-refractivity contribution in [2.75, 3.05) is 11.9 Å². The lowest BCUT2D eigenvalue weighted by atomic mass is 9.98. The lowest BCUT2D eigenvalue weighted by Crippen LogP contribution is -2.51. The monoisotopic (exact) mass is 352 g/mol. The summed E-state index contributed by atoms with van der Waals surface area (Å²) in [6.07, 6.45) is -0.0152. The summed E-state index contributed by atoms with van der Waals surface area (Å²) in [5, 5.41) is 3.32. The summed E-state index contributed by atoms with van der Waals surface area (Å²) < 4.78 is 5.52. The van der Waals surface area contributed by atoms with Gasteiger partial charge in [-0.05, 0) is 51.0 Å². The zero-order valence-corrected chi connectivity index (χ0v) is 15.4. The van der Waals surface area contributed by atoms with Crippen LogP contribution < -0.4 is 5.32 Å². The van der Waals surface area contributed by atoms with Crippen molar-refractivity contribution in [3.05, 3.63) is 65.7 Å². The minimum Gasteiger partial charge on any atom is -0.443 e. The number of rotatable bonds is 2. The predicted octanol–water partition coefficient (Wildman–Crippen LogP) is 4.10. The lowest BCUT2D eigenvalue weighted by molar-refractivity contribution is 0.0172. The van der Waals surface area contributed by atoms with Crippen molar-refractivity contribution >= 4 is 17.7 Å². The van der Waals surface area contributed by atoms with Crippen molar-refractivity contribution in [1.29, 1.82) is 0 Å². The molecule has 2 aromatic rings. The molecule has 2 amide bonds. The van der Waals surface area contributed by atoms with Gasteiger partial charge in [-0.1, -0.05) is 36.4 Å². The van der Waals surface area contributed by atoms with Crippen LogP contribution in [0.4, 0.5) is 10.5 Å². The third-order valence-electron chi connectivity index (χ3n) is 4.20. The molecular formula is C21H24N2O3. The zero-order valence-electron chi connectivity index (χ0n) is 15.4. The summed E-state index contributed by atoms with van der Waals surface area (Å²) in [5.74, 6) is -0.342. The van der Waals surface area contributed by atoms with E-state index in [1.807, 2.05) is 30.3 Å². The minimum absolute atomic E-state index is 0.313. The fourth-order valence-corrected chi connectivity index (χ4v) is 3.04. The third-order valence-corrected chi connectivity index (χ3v) is 4.20. The molecule has 5 heteroatoms. The average Bonchev–Trinajstić information content (AvgIpc) is 2.61. The summed E-state index contributed by atoms with van der Waals surface area (Å²) in [5.41, 5.74) is 1.92. The largest absolute Gasteiger partial charge is 0.443 e. The molecule has 0 saturated heterocycles. The number of fused-ring (bicyclic) bond motifs is 1. The Bertz CT molecular complexity index is 796. The van der Waals surface area contributed by atoms with Crippen LogP contribution in [0.2, 0.25) is 0 Å². The lowest BCUT2D eigenvalue weighted by Gasteiger charge is -2.35. The van der Waals surface area contributed by atoms with Gasteiger partial charge >= 0.3 is 6.09 Å². The van der Waals surface area contributed by atoms with E-state index in [0.717, 1.165) is 11.3 Å². The van der Waals surface area contributed by atoms with E-state index >= 15 is 0 Å². The van der Waals surface area contributed by atoms with Crippen molar-refractivity contribution in [2.24, 2.45) is 0 Å². The van der Waals surface area contributed by atoms with Crippen LogP contribution in [-0.2, 0) is 11.2 Å². The molecule has 0 bridgehead atoms. The number of para-hydroxylation sites is 1. The van der Waals surface area contributed by atoms with Crippen molar-refractivity contribution in [2.45, 2.75) is 38.8 Å². The molecule has 2 aromatic carbocycles. The minimum atomic E-state index is -0.674. The highest BCUT2D eigenvalue weighted by molar-refractivity contribution is 6.03. The Morgan fingerprint density at radius 1 is 1.04 bits per heavy atom. The normalized spacial score (nSPS) is 16.2. The van der Waals surface area contributed by atoms with Crippen LogP contribution >= 0.6 is 0 Å². The van der Waals surface area contributed by atoms with Crippen LogP contribution in [0.1, 0.15) is 36.7 Å². The first-order chi connectivity index (χ1) is 12.3. The number of hydrogen-bond acceptors (Lipinski definition) is 4. The first-order valence-electron chi connectivity index (χ1n) is 8.78. The van der Waals surface area contributed by atoms with Crippen molar-refractivity contribution in [3.63, 3.8) is 0 Å². The van der Waals surface area contributed by atoms with Gasteiger partial charge in [0, 0.05) is 17.8 Å². The topological polar surface area (TPSA) is 58.6 Å². The molecule has 0 aliphatic carbocycles. The molecule has 0 fully saturated rings. The third kappa shape index (κ3) is 4.04. The molecule has 1 N–H and O–H groups in total. The molecule has 0 saturated carbocycles. The molecule has 1 aliphatic heterocycles. The Morgan fingerprint density at radius 2 is 1.69 bits per heavy atom. The summed E-state index contributed by atoms with van der Waals surface area (Å²) in [4.78, 5) is 27.2. The van der Waals surface area contributed by atoms with Gasteiger partial charge in [0.25, 0.3) is 5.91 Å². The average molecular weight is 352 g/mol. The SMILES string of the molecule is CC(C)(C)OC(=O)N(C(=O)c1ccccc1)C1CNc2ccccc2C1. The Kier molecular flexibility index (Phi) is 4.98. The Balaban J connectivity index is 1.91. The van der Waals surface area contributed by atoms with E-state index in [0.29, 0.717) is 18.5 Å². The van der Waals surface area contributed by atoms with Crippen molar-refractivity contribution in [3.8, 4) is 0 Å². The van der Waals surface area contributed by atoms with Gasteiger partial charge in [-0.25, -0.2) is 9.69 Å². The van der Waals surface area contributed by atoms with Crippen LogP contribution in [0, 0.1) is 0 Å². The fourth-order valence-electron chi connectivity index (χ4n) is 3.04. The van der Waals surface area contributed by atoms with Crippen LogP contribution in [0.3, 0.4) is 0 Å². The summed E-state index contributed by atoms with van der Waals surface area (Å²) in [6.45, 7) is 5.88. The number of hydrogen-bond donors (Lipinski definition) is 1. The number of benzene rings is 2. The molecule has 1 heterocycles. The van der Waals surface area contributed by atoms with Gasteiger partial charge in [-0.15, -0.1) is 0 Å². The summed E-state index contributed by atoms with van der Waals surface area (Å²) in [6, 6.07) is 16.5. The second-order valence-corrected chi connectivity index (χ2v) is 7.42. The van der Waals surface area contributed by atoms with E-state index in [2.05, 4.69) is 5.32 Å². The quantitative estimate of drug-likeness (QED) is 0.884. The second kappa shape index (κ2) is 7.20. The standard InChI is InChI=1S/C21H24N2O3/c1-21(2,3)26-20(25)23(19(24)15-9-5-4-6-10-15)17-13-16-11-7-8-12-18(16)22-14-17/h4-12,17,22H,13-14H2,1-3H3. The molecule has 1 atom stereocenters. The van der Waals surface area contributed by atoms with Crippen LogP contribution in [0.15, 0.2) is 54.6 Å². The molecule has 0 spiro atoms. The number of carbonyl (C=O) groups is 2. The van der Waals surface area contributed by atoms with Gasteiger partial charge in [0.1, 0.15) is 5.60 Å². The Morgan fingerprint density at radius 3 is 2.38 bits per heavy atom. The van der Waals surface area contributed by atoms with Crippen LogP contribution in [-0.4, -0.2) is 35.1 Å². The molecule has 3 rings (SSSR count). The maximum absolute atomic E-state index is 13.1. The Labute approximate surface area is 154 Å². The van der Waals surface area contributed by atoms with E-state index < -0.39 is 11.7 Å². The number of ether oxygens (including phenoxy) is 1. The maximum atomic E-state index is 13.1. The molecular weight excluding hydrogens is 328 g/mol. The second-order valence-electron chi connectivity index (χ2n) is 7.42. The predicted molar refractivity (Wildman–Crippen MR) is 101 cm³/mol. The van der Waals surface area contributed by atoms with Crippen LogP contribution in [0.5, 0.6) is 0 Å². The number of anilines is 1. The van der Waals surface area contributed by atoms with E-state index in [-0.39, 0.29) is 11.9 Å². The highest BCUT2D eigenvalue weighted by Crippen LogP contribution is 2.26. The van der Waals surface area contributed by atoms with E-state index in [9.17, 15) is 9.59 Å². The highest BCUT2D eigenvalue weighted by atomic mass is 16.6. The van der Waals surface area contributed by atoms with Gasteiger partial charge in [0.05, 0.1) is 6.04 Å². The molecule has 0 radical (unpaired) electrons. The van der Waals surface area contributed by atoms with Gasteiger partial charge in [-0.2, -0.15) is 0 Å². The van der Waals surface area contributed by atoms with Crippen LogP contribution in [0.25, 0.3) is 0 Å². The number of imide groups is 1. The summed E-state index contributed by atoms with van der Waals surface area (Å²) in [7, 11) is 0. The van der Waals surface area contributed by atoms with Gasteiger partial charge in [-0.3, -0.25) is 4.79 Å². The van der Waals surface area contributed by atoms with Gasteiger partial charge in [0.15, 0.2) is 0 Å². The fraction of sp³-hybridized carbons (Fsp3) is 0.333. The summed E-state index contributed by atoms with van der Waals surface area (Å²) >= 11 is 0. The van der Waals surface area contributed by atoms with E-state index in [1.165, 1.54) is 4.90 Å². The van der Waals surface area contributed by atoms with Crippen molar-refractivity contribution < 1.29 is 14.3 Å². The first-order valence-corrected chi connectivity index (χ1v) is 8.78. The number of nitrogens with one attached hydrogen (secondary N) is 1. The van der Waals surface area contributed by atoms with Gasteiger partial charge in [0.2, 0.25) is 0 Å². The Hall–Kier alpha value is -2.82. The maximum Gasteiger partial charge on any atom is 0.417 e. The molecule has 136 valence electrons. The van der Waals surface area contributed by atoms with E-state index in [4.69, 9.17) is 4.74 Å². The zero-order chi connectivity index (χ0) is 18.7. The molecule has 0 aromatic heterocycles. The highest BCUT2D eigenvalue weighted by Gasteiger charge is 2.35. The molecule has 1 aliphatic rings.